The number of allylic oxidation sites excluding steroid dienone is 2. The number of aliphatic hydroxyl groups excluding tert-OH is 1. The molecule has 0 radical (unpaired) electrons. The van der Waals surface area contributed by atoms with E-state index in [-0.39, 0.29) is 17.1 Å². The van der Waals surface area contributed by atoms with Gasteiger partial charge in [-0.3, -0.25) is 4.79 Å². The Balaban J connectivity index is 1.56. The van der Waals surface area contributed by atoms with Gasteiger partial charge >= 0.3 is 5.97 Å². The molecule has 0 unspecified atom stereocenters. The number of aliphatic carboxylic acids is 1. The Labute approximate surface area is 171 Å². The molecule has 0 bridgehead atoms. The molecule has 5 heteroatoms. The van der Waals surface area contributed by atoms with Gasteiger partial charge in [0, 0.05) is 17.9 Å². The molecule has 0 aromatic rings. The fraction of sp³-hybridized carbons (Fsp3) is 0.667. The maximum absolute atomic E-state index is 12.0. The van der Waals surface area contributed by atoms with Gasteiger partial charge in [-0.1, -0.05) is 6.92 Å². The molecule has 5 aliphatic rings. The zero-order valence-corrected chi connectivity index (χ0v) is 16.9. The molecule has 0 spiro atoms. The van der Waals surface area contributed by atoms with E-state index in [2.05, 4.69) is 6.92 Å². The van der Waals surface area contributed by atoms with Gasteiger partial charge in [0.1, 0.15) is 0 Å². The molecule has 4 fully saturated rings. The summed E-state index contributed by atoms with van der Waals surface area (Å²) in [5.74, 6) is 1.24. The quantitative estimate of drug-likeness (QED) is 0.497. The Morgan fingerprint density at radius 2 is 2.07 bits per heavy atom. The SMILES string of the molecule is CC[C@]12CC[C@H]3[C@@H](CC(=CO)C4=CC(=O)CC[C@@H]43)[C@@H]1[C@H]1C[C@H]1[C@@]2(O)/C=C\C(=O)O. The summed E-state index contributed by atoms with van der Waals surface area (Å²) in [6, 6.07) is 0. The van der Waals surface area contributed by atoms with Crippen LogP contribution in [0.5, 0.6) is 0 Å². The van der Waals surface area contributed by atoms with Crippen LogP contribution in [0.15, 0.2) is 35.6 Å². The summed E-state index contributed by atoms with van der Waals surface area (Å²) in [4.78, 5) is 23.2. The summed E-state index contributed by atoms with van der Waals surface area (Å²) in [6.45, 7) is 2.13. The van der Waals surface area contributed by atoms with Crippen molar-refractivity contribution in [3.05, 3.63) is 35.6 Å². The Morgan fingerprint density at radius 1 is 1.28 bits per heavy atom. The van der Waals surface area contributed by atoms with Crippen molar-refractivity contribution < 1.29 is 24.9 Å². The van der Waals surface area contributed by atoms with Gasteiger partial charge in [-0.15, -0.1) is 0 Å². The van der Waals surface area contributed by atoms with Crippen LogP contribution in [-0.4, -0.2) is 32.7 Å². The average molecular weight is 398 g/mol. The van der Waals surface area contributed by atoms with Gasteiger partial charge in [-0.2, -0.15) is 0 Å². The van der Waals surface area contributed by atoms with E-state index in [0.717, 1.165) is 55.7 Å². The van der Waals surface area contributed by atoms with Crippen molar-refractivity contribution in [3.63, 3.8) is 0 Å². The van der Waals surface area contributed by atoms with Gasteiger partial charge in [0.15, 0.2) is 5.78 Å². The molecule has 0 aromatic carbocycles. The first-order chi connectivity index (χ1) is 13.9. The average Bonchev–Trinajstić information content (AvgIpc) is 3.47. The lowest BCUT2D eigenvalue weighted by Gasteiger charge is -2.58. The predicted octanol–water partition coefficient (Wildman–Crippen LogP) is 3.80. The molecular weight excluding hydrogens is 368 g/mol. The molecule has 5 aliphatic carbocycles. The minimum absolute atomic E-state index is 0.147. The molecule has 0 aromatic heterocycles. The first-order valence-corrected chi connectivity index (χ1v) is 11.1. The highest BCUT2D eigenvalue weighted by Crippen LogP contribution is 2.77. The van der Waals surface area contributed by atoms with Crippen molar-refractivity contribution in [1.82, 2.24) is 0 Å². The molecule has 8 atom stereocenters. The smallest absolute Gasteiger partial charge is 0.328 e. The molecule has 156 valence electrons. The third kappa shape index (κ3) is 2.43. The summed E-state index contributed by atoms with van der Waals surface area (Å²) in [6.07, 6.45) is 11.5. The summed E-state index contributed by atoms with van der Waals surface area (Å²) >= 11 is 0. The minimum Gasteiger partial charge on any atom is -0.515 e. The second-order valence-electron chi connectivity index (χ2n) is 9.97. The normalized spacial score (nSPS) is 49.2. The van der Waals surface area contributed by atoms with Gasteiger partial charge in [0.25, 0.3) is 0 Å². The molecule has 5 rings (SSSR count). The molecule has 0 heterocycles. The third-order valence-electron chi connectivity index (χ3n) is 9.26. The van der Waals surface area contributed by atoms with Crippen LogP contribution in [0.2, 0.25) is 0 Å². The molecule has 3 N–H and O–H groups in total. The molecular formula is C24H30O5. The standard InChI is InChI=1S/C24H30O5/c1-2-23-7-5-16-15-4-3-14(26)10-17(15)13(12-25)9-18(16)22(23)19-11-20(19)24(23,29)8-6-21(27)28/h6,8,10,12,15-16,18-20,22,25,29H,2-5,7,9,11H2,1H3,(H,27,28)/b8-6-,13-12?/t15-,16-,18-,19+,20-,22-,23+,24+/m1/s1. The highest BCUT2D eigenvalue weighted by Gasteiger charge is 2.76. The number of fused-ring (bicyclic) bond motifs is 7. The van der Waals surface area contributed by atoms with E-state index in [9.17, 15) is 24.9 Å². The Bertz CT molecular complexity index is 853. The maximum atomic E-state index is 12.0. The number of carbonyl (C=O) groups excluding carboxylic acids is 1. The number of carboxylic acids is 1. The molecule has 4 saturated carbocycles. The lowest BCUT2D eigenvalue weighted by Crippen LogP contribution is -2.56. The first-order valence-electron chi connectivity index (χ1n) is 11.1. The van der Waals surface area contributed by atoms with Gasteiger partial charge < -0.3 is 15.3 Å². The summed E-state index contributed by atoms with van der Waals surface area (Å²) in [7, 11) is 0. The van der Waals surface area contributed by atoms with Gasteiger partial charge in [-0.25, -0.2) is 4.79 Å². The lowest BCUT2D eigenvalue weighted by molar-refractivity contribution is -0.133. The highest BCUT2D eigenvalue weighted by molar-refractivity contribution is 5.92. The van der Waals surface area contributed by atoms with Crippen molar-refractivity contribution in [2.45, 2.75) is 57.5 Å². The van der Waals surface area contributed by atoms with Gasteiger partial charge in [-0.05, 0) is 97.3 Å². The van der Waals surface area contributed by atoms with E-state index >= 15 is 0 Å². The van der Waals surface area contributed by atoms with Crippen LogP contribution in [0.1, 0.15) is 51.9 Å². The Kier molecular flexibility index (Phi) is 4.16. The monoisotopic (exact) mass is 398 g/mol. The maximum Gasteiger partial charge on any atom is 0.328 e. The van der Waals surface area contributed by atoms with Crippen LogP contribution in [0.3, 0.4) is 0 Å². The lowest BCUT2D eigenvalue weighted by atomic mass is 9.47. The number of carboxylic acid groups (broad SMARTS) is 1. The minimum atomic E-state index is -1.05. The number of hydrogen-bond acceptors (Lipinski definition) is 4. The van der Waals surface area contributed by atoms with Gasteiger partial charge in [0.2, 0.25) is 0 Å². The molecule has 0 aliphatic heterocycles. The predicted molar refractivity (Wildman–Crippen MR) is 107 cm³/mol. The number of ketones is 1. The fourth-order valence-electron chi connectivity index (χ4n) is 8.20. The van der Waals surface area contributed by atoms with Crippen LogP contribution in [0.25, 0.3) is 0 Å². The number of rotatable bonds is 3. The van der Waals surface area contributed by atoms with Crippen molar-refractivity contribution in [2.75, 3.05) is 0 Å². The second-order valence-corrected chi connectivity index (χ2v) is 9.97. The molecule has 0 amide bonds. The third-order valence-corrected chi connectivity index (χ3v) is 9.26. The van der Waals surface area contributed by atoms with Crippen LogP contribution < -0.4 is 0 Å². The van der Waals surface area contributed by atoms with Crippen LogP contribution >= 0.6 is 0 Å². The number of carbonyl (C=O) groups is 2. The summed E-state index contributed by atoms with van der Waals surface area (Å²) in [5.41, 5.74) is 0.590. The highest BCUT2D eigenvalue weighted by atomic mass is 16.4. The zero-order valence-electron chi connectivity index (χ0n) is 16.9. The van der Waals surface area contributed by atoms with E-state index in [0.29, 0.717) is 36.0 Å². The van der Waals surface area contributed by atoms with Crippen molar-refractivity contribution in [1.29, 1.82) is 0 Å². The fourth-order valence-corrected chi connectivity index (χ4v) is 8.20. The van der Waals surface area contributed by atoms with E-state index in [1.165, 1.54) is 6.26 Å². The van der Waals surface area contributed by atoms with E-state index < -0.39 is 11.6 Å². The van der Waals surface area contributed by atoms with Gasteiger partial charge in [0.05, 0.1) is 11.9 Å². The van der Waals surface area contributed by atoms with Crippen molar-refractivity contribution >= 4 is 11.8 Å². The van der Waals surface area contributed by atoms with Crippen molar-refractivity contribution in [3.8, 4) is 0 Å². The topological polar surface area (TPSA) is 94.8 Å². The van der Waals surface area contributed by atoms with Crippen molar-refractivity contribution in [2.24, 2.45) is 40.9 Å². The van der Waals surface area contributed by atoms with E-state index in [1.54, 1.807) is 12.2 Å². The Morgan fingerprint density at radius 3 is 2.76 bits per heavy atom. The number of aliphatic hydroxyl groups is 2. The molecule has 29 heavy (non-hydrogen) atoms. The molecule has 0 saturated heterocycles. The molecule has 5 nitrogen and oxygen atoms in total. The van der Waals surface area contributed by atoms with Crippen LogP contribution in [-0.2, 0) is 9.59 Å². The largest absolute Gasteiger partial charge is 0.515 e. The van der Waals surface area contributed by atoms with E-state index in [1.807, 2.05) is 0 Å². The Hall–Kier alpha value is -1.88. The van der Waals surface area contributed by atoms with E-state index in [4.69, 9.17) is 0 Å². The van der Waals surface area contributed by atoms with Crippen LogP contribution in [0.4, 0.5) is 0 Å². The zero-order chi connectivity index (χ0) is 20.6. The second kappa shape index (κ2) is 6.31. The summed E-state index contributed by atoms with van der Waals surface area (Å²) < 4.78 is 0. The first kappa shape index (κ1) is 19.1. The van der Waals surface area contributed by atoms with Crippen LogP contribution in [0, 0.1) is 40.9 Å². The number of hydrogen-bond donors (Lipinski definition) is 3. The summed E-state index contributed by atoms with van der Waals surface area (Å²) in [5, 5.41) is 30.9.